The number of methoxy groups -OCH3 is 2. The Bertz CT molecular complexity index is 1420. The molecule has 0 radical (unpaired) electrons. The van der Waals surface area contributed by atoms with E-state index < -0.39 is 0 Å². The van der Waals surface area contributed by atoms with Crippen molar-refractivity contribution in [2.45, 2.75) is 19.4 Å². The van der Waals surface area contributed by atoms with Crippen molar-refractivity contribution in [1.29, 1.82) is 0 Å². The molecule has 5 rings (SSSR count). The second kappa shape index (κ2) is 12.9. The van der Waals surface area contributed by atoms with E-state index in [4.69, 9.17) is 14.2 Å². The van der Waals surface area contributed by atoms with Crippen molar-refractivity contribution >= 4 is 17.3 Å². The van der Waals surface area contributed by atoms with Crippen LogP contribution in [0.3, 0.4) is 0 Å². The highest BCUT2D eigenvalue weighted by Crippen LogP contribution is 2.33. The van der Waals surface area contributed by atoms with Gasteiger partial charge in [0.1, 0.15) is 18.1 Å². The van der Waals surface area contributed by atoms with E-state index in [1.807, 2.05) is 97.1 Å². The maximum Gasteiger partial charge on any atom is 0.337 e. The lowest BCUT2D eigenvalue weighted by Crippen LogP contribution is -2.46. The highest BCUT2D eigenvalue weighted by atomic mass is 16.5. The second-order valence-electron chi connectivity index (χ2n) is 9.64. The monoisotopic (exact) mass is 534 g/mol. The van der Waals surface area contributed by atoms with E-state index in [1.165, 1.54) is 5.56 Å². The van der Waals surface area contributed by atoms with Crippen molar-refractivity contribution in [2.75, 3.05) is 37.2 Å². The highest BCUT2D eigenvalue weighted by molar-refractivity contribution is 5.92. The number of aryl methyl sites for hydroxylation is 1. The van der Waals surface area contributed by atoms with Crippen LogP contribution in [-0.2, 0) is 22.6 Å². The summed E-state index contributed by atoms with van der Waals surface area (Å²) >= 11 is 0. The van der Waals surface area contributed by atoms with Gasteiger partial charge in [-0.25, -0.2) is 4.79 Å². The molecule has 0 fully saturated rings. The molecule has 0 saturated carbocycles. The van der Waals surface area contributed by atoms with E-state index in [2.05, 4.69) is 21.9 Å². The zero-order chi connectivity index (χ0) is 27.7. The molecule has 6 heteroatoms. The van der Waals surface area contributed by atoms with Gasteiger partial charge < -0.3 is 24.0 Å². The molecule has 0 aliphatic carbocycles. The molecule has 0 spiro atoms. The molecule has 4 aromatic carbocycles. The lowest BCUT2D eigenvalue weighted by Gasteiger charge is -2.41. The molecule has 0 amide bonds. The Morgan fingerprint density at radius 2 is 1.23 bits per heavy atom. The van der Waals surface area contributed by atoms with Gasteiger partial charge in [0, 0.05) is 17.1 Å². The Labute approximate surface area is 236 Å². The predicted molar refractivity (Wildman–Crippen MR) is 159 cm³/mol. The summed E-state index contributed by atoms with van der Waals surface area (Å²) in [6.45, 7) is 1.25. The molecule has 4 aromatic rings. The number of hydrogen-bond acceptors (Lipinski definition) is 6. The topological polar surface area (TPSA) is 51.2 Å². The molecule has 204 valence electrons. The fourth-order valence-corrected chi connectivity index (χ4v) is 4.90. The summed E-state index contributed by atoms with van der Waals surface area (Å²) in [5.41, 5.74) is 5.78. The zero-order valence-electron chi connectivity index (χ0n) is 23.0. The normalized spacial score (nSPS) is 13.2. The van der Waals surface area contributed by atoms with Gasteiger partial charge in [-0.1, -0.05) is 60.7 Å². The molecule has 40 heavy (non-hydrogen) atoms. The number of carbonyl (C=O) groups excluding carboxylic acids is 1. The van der Waals surface area contributed by atoms with Crippen LogP contribution in [-0.4, -0.2) is 33.4 Å². The predicted octanol–water partition coefficient (Wildman–Crippen LogP) is 6.62. The molecule has 1 heterocycles. The summed E-state index contributed by atoms with van der Waals surface area (Å²) in [5.74, 6) is 1.27. The van der Waals surface area contributed by atoms with Crippen molar-refractivity contribution < 1.29 is 19.0 Å². The Balaban J connectivity index is 1.53. The van der Waals surface area contributed by atoms with Crippen molar-refractivity contribution in [2.24, 2.45) is 0 Å². The van der Waals surface area contributed by atoms with Gasteiger partial charge in [-0.3, -0.25) is 0 Å². The molecule has 1 aliphatic heterocycles. The van der Waals surface area contributed by atoms with Crippen LogP contribution in [0.25, 0.3) is 0 Å². The number of anilines is 2. The molecule has 0 saturated heterocycles. The van der Waals surface area contributed by atoms with Gasteiger partial charge >= 0.3 is 5.97 Å². The average Bonchev–Trinajstić information content (AvgIpc) is 3.03. The summed E-state index contributed by atoms with van der Waals surface area (Å²) in [6, 6.07) is 36.0. The van der Waals surface area contributed by atoms with Crippen LogP contribution >= 0.6 is 0 Å². The largest absolute Gasteiger partial charge is 0.497 e. The fourth-order valence-electron chi connectivity index (χ4n) is 4.90. The Morgan fingerprint density at radius 3 is 1.80 bits per heavy atom. The number of rotatable bonds is 10. The van der Waals surface area contributed by atoms with Crippen LogP contribution in [0, 0.1) is 0 Å². The lowest BCUT2D eigenvalue weighted by atomic mass is 10.0. The van der Waals surface area contributed by atoms with Crippen LogP contribution in [0.4, 0.5) is 11.4 Å². The molecule has 0 atom stereocenters. The van der Waals surface area contributed by atoms with Crippen LogP contribution in [0.15, 0.2) is 120 Å². The van der Waals surface area contributed by atoms with Crippen LogP contribution in [0.1, 0.15) is 17.5 Å². The molecule has 0 aromatic heterocycles. The quantitative estimate of drug-likeness (QED) is 0.213. The summed E-state index contributed by atoms with van der Waals surface area (Å²) in [5, 5.41) is 0. The van der Waals surface area contributed by atoms with E-state index in [0.717, 1.165) is 40.6 Å². The summed E-state index contributed by atoms with van der Waals surface area (Å²) in [4.78, 5) is 18.2. The molecule has 1 aliphatic rings. The van der Waals surface area contributed by atoms with Gasteiger partial charge in [-0.15, -0.1) is 0 Å². The van der Waals surface area contributed by atoms with Gasteiger partial charge in [-0.2, -0.15) is 0 Å². The van der Waals surface area contributed by atoms with Crippen molar-refractivity contribution in [3.8, 4) is 11.5 Å². The Morgan fingerprint density at radius 1 is 0.675 bits per heavy atom. The van der Waals surface area contributed by atoms with Crippen molar-refractivity contribution in [1.82, 2.24) is 0 Å². The van der Waals surface area contributed by atoms with E-state index in [9.17, 15) is 4.79 Å². The summed E-state index contributed by atoms with van der Waals surface area (Å²) in [6.07, 6.45) is 1.50. The third-order valence-electron chi connectivity index (χ3n) is 7.11. The summed E-state index contributed by atoms with van der Waals surface area (Å²) in [7, 11) is 3.32. The first-order valence-electron chi connectivity index (χ1n) is 13.4. The minimum Gasteiger partial charge on any atom is -0.497 e. The standard InChI is InChI=1S/C34H34N2O4/c1-38-30-18-14-28(15-19-30)35-23-32(34(37)40-24-27-11-7-4-8-12-27)33(22-13-26-9-5-3-6-10-26)36(25-35)29-16-20-31(39-2)21-17-29/h3-12,14-21H,13,22-25H2,1-2H3. The second-order valence-corrected chi connectivity index (χ2v) is 9.64. The van der Waals surface area contributed by atoms with Gasteiger partial charge in [0.2, 0.25) is 0 Å². The summed E-state index contributed by atoms with van der Waals surface area (Å²) < 4.78 is 16.7. The third-order valence-corrected chi connectivity index (χ3v) is 7.11. The number of carbonyl (C=O) groups is 1. The third kappa shape index (κ3) is 6.46. The first kappa shape index (κ1) is 26.9. The van der Waals surface area contributed by atoms with Crippen LogP contribution in [0.5, 0.6) is 11.5 Å². The fraction of sp³-hybridized carbons (Fsp3) is 0.206. The minimum atomic E-state index is -0.302. The van der Waals surface area contributed by atoms with Crippen molar-refractivity contribution in [3.63, 3.8) is 0 Å². The zero-order valence-corrected chi connectivity index (χ0v) is 23.0. The van der Waals surface area contributed by atoms with Crippen molar-refractivity contribution in [3.05, 3.63) is 132 Å². The maximum absolute atomic E-state index is 13.8. The van der Waals surface area contributed by atoms with Gasteiger partial charge in [0.15, 0.2) is 0 Å². The minimum absolute atomic E-state index is 0.222. The number of nitrogens with zero attached hydrogens (tertiary/aromatic N) is 2. The van der Waals surface area contributed by atoms with E-state index in [1.54, 1.807) is 14.2 Å². The highest BCUT2D eigenvalue weighted by Gasteiger charge is 2.31. The Kier molecular flexibility index (Phi) is 8.66. The number of allylic oxidation sites excluding steroid dienone is 1. The van der Waals surface area contributed by atoms with Gasteiger partial charge in [-0.05, 0) is 72.5 Å². The Hall–Kier alpha value is -4.71. The molecular weight excluding hydrogens is 500 g/mol. The van der Waals surface area contributed by atoms with E-state index in [0.29, 0.717) is 25.2 Å². The first-order chi connectivity index (χ1) is 19.6. The van der Waals surface area contributed by atoms with E-state index >= 15 is 0 Å². The van der Waals surface area contributed by atoms with E-state index in [-0.39, 0.29) is 12.6 Å². The maximum atomic E-state index is 13.8. The smallest absolute Gasteiger partial charge is 0.337 e. The van der Waals surface area contributed by atoms with Gasteiger partial charge in [0.05, 0.1) is 33.0 Å². The SMILES string of the molecule is COc1ccc(N2CC(C(=O)OCc3ccccc3)=C(CCc3ccccc3)N(c3ccc(OC)cc3)C2)cc1. The van der Waals surface area contributed by atoms with Crippen LogP contribution in [0.2, 0.25) is 0 Å². The number of esters is 1. The molecule has 0 bridgehead atoms. The van der Waals surface area contributed by atoms with Crippen LogP contribution < -0.4 is 19.3 Å². The molecular formula is C34H34N2O4. The first-order valence-corrected chi connectivity index (χ1v) is 13.4. The number of ether oxygens (including phenoxy) is 3. The molecule has 0 N–H and O–H groups in total. The number of benzene rings is 4. The number of hydrogen-bond donors (Lipinski definition) is 0. The molecule has 0 unspecified atom stereocenters. The average molecular weight is 535 g/mol. The molecule has 6 nitrogen and oxygen atoms in total. The van der Waals surface area contributed by atoms with Gasteiger partial charge in [0.25, 0.3) is 0 Å². The lowest BCUT2D eigenvalue weighted by molar-refractivity contribution is -0.140.